The number of benzene rings is 1. The summed E-state index contributed by atoms with van der Waals surface area (Å²) in [7, 11) is 0. The van der Waals surface area contributed by atoms with Crippen LogP contribution in [0.25, 0.3) is 11.4 Å². The van der Waals surface area contributed by atoms with Crippen molar-refractivity contribution in [2.24, 2.45) is 0 Å². The number of alkyl halides is 3. The van der Waals surface area contributed by atoms with Crippen molar-refractivity contribution in [2.45, 2.75) is 39.0 Å². The molecule has 0 spiro atoms. The fraction of sp³-hybridized carbons (Fsp3) is 0.304. The average Bonchev–Trinajstić information content (AvgIpc) is 2.77. The van der Waals surface area contributed by atoms with Crippen molar-refractivity contribution in [3.8, 4) is 17.1 Å². The molecule has 0 atom stereocenters. The molecule has 0 saturated carbocycles. The molecule has 1 aliphatic rings. The Morgan fingerprint density at radius 1 is 1.21 bits per heavy atom. The quantitative estimate of drug-likeness (QED) is 0.626. The number of carbonyl (C=O) groups is 1. The SMILES string of the molecule is Cc1nc(-c2ccncc2)[nH]c(=O)c1CCC(=O)N1CCCc2cc(OC(F)(F)F)ccc21. The monoisotopic (exact) mass is 458 g/mol. The summed E-state index contributed by atoms with van der Waals surface area (Å²) < 4.78 is 41.5. The number of nitrogens with zero attached hydrogens (tertiary/aromatic N) is 3. The molecule has 2 aromatic heterocycles. The molecule has 10 heteroatoms. The maximum absolute atomic E-state index is 12.9. The molecule has 4 rings (SSSR count). The third-order valence-electron chi connectivity index (χ3n) is 5.47. The van der Waals surface area contributed by atoms with E-state index >= 15 is 0 Å². The second-order valence-corrected chi connectivity index (χ2v) is 7.70. The molecular formula is C23H21F3N4O3. The lowest BCUT2D eigenvalue weighted by molar-refractivity contribution is -0.274. The maximum atomic E-state index is 12.9. The van der Waals surface area contributed by atoms with E-state index in [0.717, 1.165) is 5.56 Å². The van der Waals surface area contributed by atoms with Crippen molar-refractivity contribution in [3.05, 3.63) is 69.9 Å². The predicted octanol–water partition coefficient (Wildman–Crippen LogP) is 3.95. The lowest BCUT2D eigenvalue weighted by Crippen LogP contribution is -2.36. The van der Waals surface area contributed by atoms with Crippen LogP contribution in [0.4, 0.5) is 18.9 Å². The van der Waals surface area contributed by atoms with Crippen molar-refractivity contribution in [3.63, 3.8) is 0 Å². The summed E-state index contributed by atoms with van der Waals surface area (Å²) in [6.45, 7) is 2.18. The number of ether oxygens (including phenoxy) is 1. The number of H-pyrrole nitrogens is 1. The number of fused-ring (bicyclic) bond motifs is 1. The van der Waals surface area contributed by atoms with Gasteiger partial charge in [0.15, 0.2) is 0 Å². The molecule has 1 aliphatic heterocycles. The highest BCUT2D eigenvalue weighted by Crippen LogP contribution is 2.33. The van der Waals surface area contributed by atoms with E-state index in [1.54, 1.807) is 36.4 Å². The van der Waals surface area contributed by atoms with Crippen molar-refractivity contribution >= 4 is 11.6 Å². The summed E-state index contributed by atoms with van der Waals surface area (Å²) in [5, 5.41) is 0. The van der Waals surface area contributed by atoms with Gasteiger partial charge in [-0.05, 0) is 62.1 Å². The van der Waals surface area contributed by atoms with Crippen LogP contribution in [0.5, 0.6) is 5.75 Å². The number of aromatic amines is 1. The van der Waals surface area contributed by atoms with Gasteiger partial charge in [0.2, 0.25) is 5.91 Å². The molecule has 1 amide bonds. The van der Waals surface area contributed by atoms with Gasteiger partial charge in [0, 0.05) is 47.9 Å². The molecule has 3 aromatic rings. The highest BCUT2D eigenvalue weighted by molar-refractivity contribution is 5.94. The molecule has 172 valence electrons. The van der Waals surface area contributed by atoms with Crippen LogP contribution in [0.2, 0.25) is 0 Å². The van der Waals surface area contributed by atoms with Crippen LogP contribution < -0.4 is 15.2 Å². The molecule has 0 radical (unpaired) electrons. The zero-order valence-corrected chi connectivity index (χ0v) is 17.8. The number of aryl methyl sites for hydroxylation is 2. The number of hydrogen-bond acceptors (Lipinski definition) is 5. The van der Waals surface area contributed by atoms with Gasteiger partial charge >= 0.3 is 6.36 Å². The van der Waals surface area contributed by atoms with Crippen molar-refractivity contribution in [2.75, 3.05) is 11.4 Å². The Balaban J connectivity index is 1.48. The second-order valence-electron chi connectivity index (χ2n) is 7.70. The average molecular weight is 458 g/mol. The molecule has 3 heterocycles. The van der Waals surface area contributed by atoms with Crippen LogP contribution in [0, 0.1) is 6.92 Å². The Morgan fingerprint density at radius 3 is 2.67 bits per heavy atom. The first kappa shape index (κ1) is 22.5. The van der Waals surface area contributed by atoms with Gasteiger partial charge in [-0.2, -0.15) is 0 Å². The number of pyridine rings is 1. The number of amides is 1. The van der Waals surface area contributed by atoms with Crippen molar-refractivity contribution < 1.29 is 22.7 Å². The van der Waals surface area contributed by atoms with Gasteiger partial charge in [-0.1, -0.05) is 0 Å². The molecular weight excluding hydrogens is 437 g/mol. The van der Waals surface area contributed by atoms with Crippen LogP contribution in [0.1, 0.15) is 29.7 Å². The van der Waals surface area contributed by atoms with Gasteiger partial charge in [-0.15, -0.1) is 13.2 Å². The number of carbonyl (C=O) groups excluding carboxylic acids is 1. The van der Waals surface area contributed by atoms with E-state index in [9.17, 15) is 22.8 Å². The summed E-state index contributed by atoms with van der Waals surface area (Å²) in [5.41, 5.74) is 2.56. The number of hydrogen-bond donors (Lipinski definition) is 1. The lowest BCUT2D eigenvalue weighted by atomic mass is 10.0. The van der Waals surface area contributed by atoms with E-state index in [0.29, 0.717) is 47.7 Å². The number of nitrogens with one attached hydrogen (secondary N) is 1. The minimum Gasteiger partial charge on any atom is -0.406 e. The Kier molecular flexibility index (Phi) is 6.17. The summed E-state index contributed by atoms with van der Waals surface area (Å²) in [6.07, 6.45) is -0.128. The molecule has 0 saturated heterocycles. The molecule has 0 unspecified atom stereocenters. The van der Waals surface area contributed by atoms with Crippen LogP contribution >= 0.6 is 0 Å². The Hall–Kier alpha value is -3.69. The number of anilines is 1. The van der Waals surface area contributed by atoms with Gasteiger partial charge in [0.25, 0.3) is 5.56 Å². The van der Waals surface area contributed by atoms with E-state index in [-0.39, 0.29) is 30.1 Å². The summed E-state index contributed by atoms with van der Waals surface area (Å²) in [5.74, 6) is -0.0904. The molecule has 33 heavy (non-hydrogen) atoms. The summed E-state index contributed by atoms with van der Waals surface area (Å²) in [6, 6.07) is 7.46. The van der Waals surface area contributed by atoms with Gasteiger partial charge in [0.05, 0.1) is 0 Å². The largest absolute Gasteiger partial charge is 0.573 e. The zero-order valence-electron chi connectivity index (χ0n) is 17.8. The smallest absolute Gasteiger partial charge is 0.406 e. The van der Waals surface area contributed by atoms with Crippen LogP contribution in [-0.4, -0.2) is 33.8 Å². The normalized spacial score (nSPS) is 13.5. The third-order valence-corrected chi connectivity index (χ3v) is 5.47. The third kappa shape index (κ3) is 5.21. The Labute approximate surface area is 187 Å². The summed E-state index contributed by atoms with van der Waals surface area (Å²) in [4.78, 5) is 38.3. The van der Waals surface area contributed by atoms with Crippen molar-refractivity contribution in [1.82, 2.24) is 15.0 Å². The topological polar surface area (TPSA) is 88.2 Å². The fourth-order valence-corrected chi connectivity index (χ4v) is 3.95. The van der Waals surface area contributed by atoms with Crippen LogP contribution in [0.3, 0.4) is 0 Å². The number of rotatable bonds is 5. The Bertz CT molecular complexity index is 1230. The number of halogens is 3. The first-order valence-corrected chi connectivity index (χ1v) is 10.4. The van der Waals surface area contributed by atoms with E-state index < -0.39 is 6.36 Å². The molecule has 0 fully saturated rings. The maximum Gasteiger partial charge on any atom is 0.573 e. The van der Waals surface area contributed by atoms with Crippen LogP contribution in [0.15, 0.2) is 47.5 Å². The van der Waals surface area contributed by atoms with Crippen LogP contribution in [-0.2, 0) is 17.6 Å². The van der Waals surface area contributed by atoms with Gasteiger partial charge in [-0.25, -0.2) is 4.98 Å². The first-order chi connectivity index (χ1) is 15.7. The molecule has 7 nitrogen and oxygen atoms in total. The second kappa shape index (κ2) is 9.05. The molecule has 0 aliphatic carbocycles. The minimum atomic E-state index is -4.77. The lowest BCUT2D eigenvalue weighted by Gasteiger charge is -2.30. The van der Waals surface area contributed by atoms with E-state index in [4.69, 9.17) is 0 Å². The predicted molar refractivity (Wildman–Crippen MR) is 115 cm³/mol. The molecule has 1 aromatic carbocycles. The minimum absolute atomic E-state index is 0.0699. The van der Waals surface area contributed by atoms with Gasteiger partial charge < -0.3 is 14.6 Å². The number of aromatic nitrogens is 3. The standard InChI is InChI=1S/C23H21F3N4O3/c1-14-18(22(32)29-21(28-14)15-8-10-27-11-9-15)5-7-20(31)30-12-2-3-16-13-17(4-6-19(16)30)33-23(24,25)26/h4,6,8-11,13H,2-3,5,7,12H2,1H3,(H,28,29,32). The molecule has 0 bridgehead atoms. The summed E-state index contributed by atoms with van der Waals surface area (Å²) >= 11 is 0. The van der Waals surface area contributed by atoms with E-state index in [2.05, 4.69) is 19.7 Å². The van der Waals surface area contributed by atoms with Gasteiger partial charge in [-0.3, -0.25) is 14.6 Å². The van der Waals surface area contributed by atoms with E-state index in [1.165, 1.54) is 18.2 Å². The molecule has 1 N–H and O–H groups in total. The Morgan fingerprint density at radius 2 is 1.97 bits per heavy atom. The zero-order chi connectivity index (χ0) is 23.6. The van der Waals surface area contributed by atoms with E-state index in [1.807, 2.05) is 0 Å². The van der Waals surface area contributed by atoms with Gasteiger partial charge in [0.1, 0.15) is 11.6 Å². The highest BCUT2D eigenvalue weighted by atomic mass is 19.4. The van der Waals surface area contributed by atoms with Crippen molar-refractivity contribution in [1.29, 1.82) is 0 Å². The highest BCUT2D eigenvalue weighted by Gasteiger charge is 2.32. The first-order valence-electron chi connectivity index (χ1n) is 10.4. The fourth-order valence-electron chi connectivity index (χ4n) is 3.95.